The topological polar surface area (TPSA) is 61.4 Å². The van der Waals surface area contributed by atoms with Crippen molar-refractivity contribution in [2.75, 3.05) is 0 Å². The van der Waals surface area contributed by atoms with Gasteiger partial charge in [-0.05, 0) is 59.5 Å². The standard InChI is InChI=1S/C31H21F3N6/c1-20-16-17-39(38-20)28-14-6-12-26(36-28)30(24-10-4-2-8-22(24)23-9-3-5-11-25(23)30)27-13-7-15-29(37-27)40-19-21(18-35-40)31(32,33)34/h2-19H,1H3. The zero-order valence-electron chi connectivity index (χ0n) is 21.2. The molecule has 0 spiro atoms. The number of benzene rings is 2. The quantitative estimate of drug-likeness (QED) is 0.257. The molecule has 0 saturated carbocycles. The van der Waals surface area contributed by atoms with E-state index in [9.17, 15) is 13.2 Å². The number of pyridine rings is 2. The van der Waals surface area contributed by atoms with E-state index in [1.54, 1.807) is 16.8 Å². The highest BCUT2D eigenvalue weighted by Crippen LogP contribution is 2.55. The molecule has 2 aromatic carbocycles. The molecule has 0 amide bonds. The molecule has 40 heavy (non-hydrogen) atoms. The van der Waals surface area contributed by atoms with Crippen LogP contribution in [0.4, 0.5) is 13.2 Å². The molecule has 0 radical (unpaired) electrons. The maximum Gasteiger partial charge on any atom is 0.419 e. The minimum absolute atomic E-state index is 0.271. The Bertz CT molecular complexity index is 1840. The van der Waals surface area contributed by atoms with Crippen LogP contribution in [-0.2, 0) is 11.6 Å². The van der Waals surface area contributed by atoms with Crippen LogP contribution in [0.3, 0.4) is 0 Å². The summed E-state index contributed by atoms with van der Waals surface area (Å²) in [5.74, 6) is 0.915. The Hall–Kier alpha value is -5.05. The van der Waals surface area contributed by atoms with Crippen LogP contribution < -0.4 is 0 Å². The number of nitrogens with zero attached hydrogens (tertiary/aromatic N) is 6. The highest BCUT2D eigenvalue weighted by Gasteiger charge is 2.48. The summed E-state index contributed by atoms with van der Waals surface area (Å²) in [6.07, 6.45) is -0.884. The Morgan fingerprint density at radius 1 is 0.675 bits per heavy atom. The van der Waals surface area contributed by atoms with Gasteiger partial charge in [0.2, 0.25) is 0 Å². The van der Waals surface area contributed by atoms with Crippen molar-refractivity contribution in [1.29, 1.82) is 0 Å². The summed E-state index contributed by atoms with van der Waals surface area (Å²) in [6, 6.07) is 29.2. The van der Waals surface area contributed by atoms with Gasteiger partial charge in [0.05, 0.1) is 28.8 Å². The Morgan fingerprint density at radius 2 is 1.25 bits per heavy atom. The van der Waals surface area contributed by atoms with E-state index in [2.05, 4.69) is 34.5 Å². The molecule has 0 aliphatic heterocycles. The van der Waals surface area contributed by atoms with Crippen molar-refractivity contribution in [2.24, 2.45) is 0 Å². The molecule has 0 atom stereocenters. The van der Waals surface area contributed by atoms with Gasteiger partial charge in [0, 0.05) is 12.4 Å². The molecule has 4 aromatic heterocycles. The average Bonchev–Trinajstić information content (AvgIpc) is 3.70. The van der Waals surface area contributed by atoms with E-state index in [0.29, 0.717) is 11.5 Å². The van der Waals surface area contributed by atoms with Gasteiger partial charge in [0.15, 0.2) is 11.6 Å². The third-order valence-corrected chi connectivity index (χ3v) is 7.29. The van der Waals surface area contributed by atoms with Crippen molar-refractivity contribution in [3.05, 3.63) is 143 Å². The van der Waals surface area contributed by atoms with Crippen molar-refractivity contribution < 1.29 is 13.2 Å². The predicted molar refractivity (Wildman–Crippen MR) is 143 cm³/mol. The highest BCUT2D eigenvalue weighted by atomic mass is 19.4. The molecule has 0 unspecified atom stereocenters. The molecule has 1 aliphatic carbocycles. The van der Waals surface area contributed by atoms with E-state index < -0.39 is 17.2 Å². The molecule has 7 rings (SSSR count). The maximum atomic E-state index is 13.3. The molecule has 9 heteroatoms. The first-order valence-electron chi connectivity index (χ1n) is 12.6. The molecular weight excluding hydrogens is 513 g/mol. The van der Waals surface area contributed by atoms with E-state index in [1.165, 1.54) is 0 Å². The molecule has 6 nitrogen and oxygen atoms in total. The summed E-state index contributed by atoms with van der Waals surface area (Å²) in [6.45, 7) is 1.92. The van der Waals surface area contributed by atoms with E-state index in [4.69, 9.17) is 9.97 Å². The SMILES string of the molecule is Cc1ccn(-c2cccc(C3(c4cccc(-n5cc(C(F)(F)F)cn5)n4)c4ccccc4-c4ccccc43)n2)n1. The number of aromatic nitrogens is 6. The van der Waals surface area contributed by atoms with Gasteiger partial charge in [0.1, 0.15) is 5.41 Å². The molecule has 0 saturated heterocycles. The summed E-state index contributed by atoms with van der Waals surface area (Å²) in [5.41, 5.74) is 4.49. The largest absolute Gasteiger partial charge is 0.419 e. The molecule has 0 bridgehead atoms. The van der Waals surface area contributed by atoms with Crippen LogP contribution in [0, 0.1) is 6.92 Å². The molecule has 1 aliphatic rings. The molecule has 196 valence electrons. The van der Waals surface area contributed by atoms with Crippen LogP contribution in [0.15, 0.2) is 110 Å². The Kier molecular flexibility index (Phi) is 5.25. The first kappa shape index (κ1) is 24.0. The van der Waals surface area contributed by atoms with Crippen LogP contribution >= 0.6 is 0 Å². The summed E-state index contributed by atoms with van der Waals surface area (Å²) < 4.78 is 42.9. The smallest absolute Gasteiger partial charge is 0.232 e. The molecular formula is C31H21F3N6. The van der Waals surface area contributed by atoms with Crippen molar-refractivity contribution in [1.82, 2.24) is 29.5 Å². The number of alkyl halides is 3. The van der Waals surface area contributed by atoms with Crippen LogP contribution in [-0.4, -0.2) is 29.5 Å². The molecule has 6 aromatic rings. The second-order valence-corrected chi connectivity index (χ2v) is 9.68. The summed E-state index contributed by atoms with van der Waals surface area (Å²) in [4.78, 5) is 10.1. The summed E-state index contributed by atoms with van der Waals surface area (Å²) in [7, 11) is 0. The van der Waals surface area contributed by atoms with Gasteiger partial charge in [-0.2, -0.15) is 23.4 Å². The van der Waals surface area contributed by atoms with E-state index in [-0.39, 0.29) is 5.82 Å². The van der Waals surface area contributed by atoms with Crippen LogP contribution in [0.2, 0.25) is 0 Å². The monoisotopic (exact) mass is 534 g/mol. The number of rotatable bonds is 4. The Balaban J connectivity index is 1.51. The lowest BCUT2D eigenvalue weighted by molar-refractivity contribution is -0.137. The van der Waals surface area contributed by atoms with Crippen molar-refractivity contribution in [2.45, 2.75) is 18.5 Å². The van der Waals surface area contributed by atoms with Gasteiger partial charge in [-0.1, -0.05) is 60.7 Å². The highest BCUT2D eigenvalue weighted by molar-refractivity contribution is 5.85. The average molecular weight is 535 g/mol. The number of fused-ring (bicyclic) bond motifs is 3. The normalized spacial score (nSPS) is 13.7. The van der Waals surface area contributed by atoms with Crippen molar-refractivity contribution >= 4 is 0 Å². The maximum absolute atomic E-state index is 13.3. The van der Waals surface area contributed by atoms with Gasteiger partial charge < -0.3 is 0 Å². The lowest BCUT2D eigenvalue weighted by Gasteiger charge is -2.32. The molecule has 4 heterocycles. The fraction of sp³-hybridized carbons (Fsp3) is 0.0968. The molecule has 0 fully saturated rings. The summed E-state index contributed by atoms with van der Waals surface area (Å²) in [5, 5.41) is 8.51. The van der Waals surface area contributed by atoms with Crippen LogP contribution in [0.5, 0.6) is 0 Å². The van der Waals surface area contributed by atoms with Crippen LogP contribution in [0.1, 0.15) is 33.8 Å². The van der Waals surface area contributed by atoms with Gasteiger partial charge in [-0.25, -0.2) is 19.3 Å². The first-order valence-corrected chi connectivity index (χ1v) is 12.6. The number of halogens is 3. The minimum Gasteiger partial charge on any atom is -0.232 e. The van der Waals surface area contributed by atoms with Gasteiger partial charge in [-0.15, -0.1) is 0 Å². The predicted octanol–water partition coefficient (Wildman–Crippen LogP) is 6.54. The summed E-state index contributed by atoms with van der Waals surface area (Å²) >= 11 is 0. The fourth-order valence-electron chi connectivity index (χ4n) is 5.57. The minimum atomic E-state index is -4.50. The Labute approximate surface area is 227 Å². The van der Waals surface area contributed by atoms with Gasteiger partial charge in [-0.3, -0.25) is 0 Å². The van der Waals surface area contributed by atoms with Gasteiger partial charge in [0.25, 0.3) is 0 Å². The van der Waals surface area contributed by atoms with Gasteiger partial charge >= 0.3 is 6.18 Å². The third kappa shape index (κ3) is 3.58. The lowest BCUT2D eigenvalue weighted by atomic mass is 9.72. The number of hydrogen-bond donors (Lipinski definition) is 0. The lowest BCUT2D eigenvalue weighted by Crippen LogP contribution is -2.31. The van der Waals surface area contributed by atoms with Crippen molar-refractivity contribution in [3.8, 4) is 22.8 Å². The number of aryl methyl sites for hydroxylation is 1. The zero-order chi connectivity index (χ0) is 27.5. The van der Waals surface area contributed by atoms with E-state index in [0.717, 1.165) is 50.7 Å². The van der Waals surface area contributed by atoms with E-state index >= 15 is 0 Å². The second-order valence-electron chi connectivity index (χ2n) is 9.68. The Morgan fingerprint density at radius 3 is 1.77 bits per heavy atom. The first-order chi connectivity index (χ1) is 19.4. The molecule has 0 N–H and O–H groups in total. The van der Waals surface area contributed by atoms with E-state index in [1.807, 2.05) is 67.7 Å². The van der Waals surface area contributed by atoms with Crippen LogP contribution in [0.25, 0.3) is 22.8 Å². The zero-order valence-corrected chi connectivity index (χ0v) is 21.2. The fourth-order valence-corrected chi connectivity index (χ4v) is 5.57. The number of hydrogen-bond acceptors (Lipinski definition) is 4. The van der Waals surface area contributed by atoms with Crippen molar-refractivity contribution in [3.63, 3.8) is 0 Å². The third-order valence-electron chi connectivity index (χ3n) is 7.29. The second kappa shape index (κ2) is 8.74.